The van der Waals surface area contributed by atoms with Crippen LogP contribution >= 0.6 is 27.5 Å². The Morgan fingerprint density at radius 3 is 2.84 bits per heavy atom. The van der Waals surface area contributed by atoms with Crippen molar-refractivity contribution in [2.24, 2.45) is 5.10 Å². The van der Waals surface area contributed by atoms with Crippen LogP contribution in [0.4, 0.5) is 0 Å². The smallest absolute Gasteiger partial charge is 0.282 e. The average molecular weight is 499 g/mol. The van der Waals surface area contributed by atoms with Crippen LogP contribution in [0, 0.1) is 12.3 Å². The topological polar surface area (TPSA) is 56.5 Å². The molecule has 1 aliphatic rings. The second-order valence-corrected chi connectivity index (χ2v) is 8.85. The Morgan fingerprint density at radius 2 is 2.06 bits per heavy atom. The zero-order chi connectivity index (χ0) is 21.8. The lowest BCUT2D eigenvalue weighted by Gasteiger charge is -2.22. The molecule has 4 rings (SSSR count). The molecule has 0 unspecified atom stereocenters. The molecule has 1 heterocycles. The van der Waals surface area contributed by atoms with Gasteiger partial charge in [0, 0.05) is 21.0 Å². The van der Waals surface area contributed by atoms with Gasteiger partial charge in [0.05, 0.1) is 17.1 Å². The number of rotatable bonds is 5. The molecule has 0 radical (unpaired) electrons. The minimum Gasteiger partial charge on any atom is -0.480 e. The normalized spacial score (nSPS) is 14.7. The van der Waals surface area contributed by atoms with Crippen molar-refractivity contribution >= 4 is 44.6 Å². The van der Waals surface area contributed by atoms with E-state index in [4.69, 9.17) is 27.7 Å². The molecular weight excluding hydrogens is 478 g/mol. The molecule has 5 nitrogen and oxygen atoms in total. The molecular formula is C24H21BrClN3O2. The van der Waals surface area contributed by atoms with E-state index in [0.717, 1.165) is 30.2 Å². The molecule has 0 aliphatic heterocycles. The lowest BCUT2D eigenvalue weighted by Crippen LogP contribution is -2.25. The van der Waals surface area contributed by atoms with E-state index in [1.54, 1.807) is 30.5 Å². The number of hydrogen-bond donors (Lipinski definition) is 0. The molecule has 1 aliphatic carbocycles. The third-order valence-electron chi connectivity index (χ3n) is 5.40. The third kappa shape index (κ3) is 4.84. The van der Waals surface area contributed by atoms with Gasteiger partial charge in [-0.3, -0.25) is 4.79 Å². The highest BCUT2D eigenvalue weighted by atomic mass is 79.9. The highest BCUT2D eigenvalue weighted by Gasteiger charge is 2.22. The quantitative estimate of drug-likeness (QED) is 0.332. The van der Waals surface area contributed by atoms with E-state index < -0.39 is 0 Å². The summed E-state index contributed by atoms with van der Waals surface area (Å²) in [5, 5.41) is 5.60. The van der Waals surface area contributed by atoms with E-state index in [1.807, 2.05) is 12.1 Å². The maximum atomic E-state index is 13.4. The largest absolute Gasteiger partial charge is 0.480 e. The predicted molar refractivity (Wildman–Crippen MR) is 128 cm³/mol. The van der Waals surface area contributed by atoms with E-state index in [1.165, 1.54) is 11.1 Å². The number of terminal acetylenes is 1. The van der Waals surface area contributed by atoms with Crippen molar-refractivity contribution in [2.45, 2.75) is 38.0 Å². The van der Waals surface area contributed by atoms with Gasteiger partial charge in [0.2, 0.25) is 0 Å². The van der Waals surface area contributed by atoms with Crippen LogP contribution in [-0.4, -0.2) is 22.5 Å². The zero-order valence-corrected chi connectivity index (χ0v) is 19.2. The SMILES string of the molecule is C#CCOc1ccc(Cl)cc1C=Nn1c(C2CCCCC2)nc2ccc(Br)cc2c1=O. The maximum Gasteiger partial charge on any atom is 0.282 e. The number of ether oxygens (including phenoxy) is 1. The van der Waals surface area contributed by atoms with Gasteiger partial charge in [0.25, 0.3) is 5.56 Å². The van der Waals surface area contributed by atoms with Crippen molar-refractivity contribution in [3.8, 4) is 18.1 Å². The Morgan fingerprint density at radius 1 is 1.26 bits per heavy atom. The van der Waals surface area contributed by atoms with Crippen molar-refractivity contribution in [1.29, 1.82) is 0 Å². The van der Waals surface area contributed by atoms with Gasteiger partial charge in [-0.2, -0.15) is 9.78 Å². The lowest BCUT2D eigenvalue weighted by atomic mass is 9.88. The molecule has 0 spiro atoms. The van der Waals surface area contributed by atoms with Crippen LogP contribution in [0.25, 0.3) is 10.9 Å². The van der Waals surface area contributed by atoms with E-state index in [0.29, 0.717) is 33.1 Å². The summed E-state index contributed by atoms with van der Waals surface area (Å²) in [5.74, 6) is 3.90. The van der Waals surface area contributed by atoms with Gasteiger partial charge in [-0.05, 0) is 49.2 Å². The summed E-state index contributed by atoms with van der Waals surface area (Å²) in [6, 6.07) is 10.7. The number of fused-ring (bicyclic) bond motifs is 1. The summed E-state index contributed by atoms with van der Waals surface area (Å²) in [4.78, 5) is 18.2. The number of aromatic nitrogens is 2. The monoisotopic (exact) mass is 497 g/mol. The Hall–Kier alpha value is -2.62. The highest BCUT2D eigenvalue weighted by Crippen LogP contribution is 2.32. The van der Waals surface area contributed by atoms with Gasteiger partial charge in [-0.15, -0.1) is 6.42 Å². The average Bonchev–Trinajstić information content (AvgIpc) is 2.78. The van der Waals surface area contributed by atoms with E-state index >= 15 is 0 Å². The molecule has 31 heavy (non-hydrogen) atoms. The van der Waals surface area contributed by atoms with Gasteiger partial charge in [0.1, 0.15) is 18.2 Å². The summed E-state index contributed by atoms with van der Waals surface area (Å²) in [6.07, 6.45) is 12.4. The summed E-state index contributed by atoms with van der Waals surface area (Å²) in [7, 11) is 0. The van der Waals surface area contributed by atoms with Crippen LogP contribution in [0.15, 0.2) is 50.8 Å². The van der Waals surface area contributed by atoms with E-state index in [-0.39, 0.29) is 18.1 Å². The Balaban J connectivity index is 1.84. The van der Waals surface area contributed by atoms with Crippen molar-refractivity contribution in [3.63, 3.8) is 0 Å². The van der Waals surface area contributed by atoms with E-state index in [9.17, 15) is 4.79 Å². The van der Waals surface area contributed by atoms with E-state index in [2.05, 4.69) is 27.0 Å². The fourth-order valence-corrected chi connectivity index (χ4v) is 4.44. The highest BCUT2D eigenvalue weighted by molar-refractivity contribution is 9.10. The van der Waals surface area contributed by atoms with Crippen LogP contribution in [0.5, 0.6) is 5.75 Å². The van der Waals surface area contributed by atoms with Crippen LogP contribution in [0.2, 0.25) is 5.02 Å². The van der Waals surface area contributed by atoms with Crippen LogP contribution < -0.4 is 10.3 Å². The molecule has 0 N–H and O–H groups in total. The number of hydrogen-bond acceptors (Lipinski definition) is 4. The van der Waals surface area contributed by atoms with Crippen molar-refractivity contribution < 1.29 is 4.74 Å². The molecule has 3 aromatic rings. The molecule has 1 saturated carbocycles. The first-order valence-corrected chi connectivity index (χ1v) is 11.4. The Bertz CT molecular complexity index is 1240. The third-order valence-corrected chi connectivity index (χ3v) is 6.13. The fraction of sp³-hybridized carbons (Fsp3) is 0.292. The molecule has 1 fully saturated rings. The first-order chi connectivity index (χ1) is 15.1. The minimum absolute atomic E-state index is 0.126. The summed E-state index contributed by atoms with van der Waals surface area (Å²) >= 11 is 9.61. The molecule has 0 atom stereocenters. The van der Waals surface area contributed by atoms with Crippen LogP contribution in [0.1, 0.15) is 49.4 Å². The van der Waals surface area contributed by atoms with Crippen LogP contribution in [-0.2, 0) is 0 Å². The Kier molecular flexibility index (Phi) is 6.74. The van der Waals surface area contributed by atoms with Gasteiger partial charge in [-0.25, -0.2) is 4.98 Å². The first kappa shape index (κ1) is 21.6. The zero-order valence-electron chi connectivity index (χ0n) is 16.9. The van der Waals surface area contributed by atoms with Gasteiger partial charge < -0.3 is 4.74 Å². The van der Waals surface area contributed by atoms with Crippen molar-refractivity contribution in [2.75, 3.05) is 6.61 Å². The predicted octanol–water partition coefficient (Wildman–Crippen LogP) is 5.75. The molecule has 0 amide bonds. The number of halogens is 2. The fourth-order valence-electron chi connectivity index (χ4n) is 3.89. The second kappa shape index (κ2) is 9.67. The second-order valence-electron chi connectivity index (χ2n) is 7.50. The molecule has 0 bridgehead atoms. The number of benzene rings is 2. The first-order valence-electron chi connectivity index (χ1n) is 10.2. The molecule has 7 heteroatoms. The number of nitrogens with zero attached hydrogens (tertiary/aromatic N) is 3. The summed E-state index contributed by atoms with van der Waals surface area (Å²) in [5.41, 5.74) is 1.12. The van der Waals surface area contributed by atoms with Crippen molar-refractivity contribution in [3.05, 3.63) is 67.6 Å². The molecule has 158 valence electrons. The molecule has 0 saturated heterocycles. The minimum atomic E-state index is -0.198. The standard InChI is InChI=1S/C24H21BrClN3O2/c1-2-12-31-22-11-9-19(26)13-17(22)15-27-29-23(16-6-4-3-5-7-16)28-21-10-8-18(25)14-20(21)24(29)30/h1,8-11,13-16H,3-7,12H2. The molecule has 1 aromatic heterocycles. The van der Waals surface area contributed by atoms with Crippen LogP contribution in [0.3, 0.4) is 0 Å². The summed E-state index contributed by atoms with van der Waals surface area (Å²) < 4.78 is 7.84. The summed E-state index contributed by atoms with van der Waals surface area (Å²) in [6.45, 7) is 0.126. The van der Waals surface area contributed by atoms with Crippen molar-refractivity contribution in [1.82, 2.24) is 9.66 Å². The van der Waals surface area contributed by atoms with Gasteiger partial charge >= 0.3 is 0 Å². The van der Waals surface area contributed by atoms with Gasteiger partial charge in [-0.1, -0.05) is 52.7 Å². The Labute approximate surface area is 194 Å². The maximum absolute atomic E-state index is 13.4. The molecule has 2 aromatic carbocycles. The van der Waals surface area contributed by atoms with Gasteiger partial charge in [0.15, 0.2) is 0 Å². The lowest BCUT2D eigenvalue weighted by molar-refractivity contribution is 0.370.